The molecule has 0 unspecified atom stereocenters. The van der Waals surface area contributed by atoms with Crippen molar-refractivity contribution in [3.8, 4) is 5.75 Å². The Hall–Kier alpha value is -2.07. The van der Waals surface area contributed by atoms with E-state index in [2.05, 4.69) is 0 Å². The number of nitrogen functional groups attached to an aromatic ring is 1. The monoisotopic (exact) mass is 261 g/mol. The van der Waals surface area contributed by atoms with E-state index in [1.54, 1.807) is 19.2 Å². The Morgan fingerprint density at radius 2 is 1.89 bits per heavy atom. The summed E-state index contributed by atoms with van der Waals surface area (Å²) < 4.78 is 24.3. The van der Waals surface area contributed by atoms with Gasteiger partial charge in [0.05, 0.1) is 12.3 Å². The van der Waals surface area contributed by atoms with Gasteiger partial charge < -0.3 is 15.2 Å². The van der Waals surface area contributed by atoms with Gasteiger partial charge in [-0.3, -0.25) is 0 Å². The number of ether oxygens (including phenoxy) is 2. The number of hydrogen-bond acceptors (Lipinski definition) is 3. The zero-order valence-corrected chi connectivity index (χ0v) is 10.7. The van der Waals surface area contributed by atoms with E-state index < -0.39 is 5.82 Å². The molecular formula is C15H16FNO2. The first-order valence-corrected chi connectivity index (χ1v) is 5.94. The molecule has 0 fully saturated rings. The van der Waals surface area contributed by atoms with Crippen molar-refractivity contribution in [2.24, 2.45) is 0 Å². The highest BCUT2D eigenvalue weighted by atomic mass is 19.1. The van der Waals surface area contributed by atoms with E-state index in [0.717, 1.165) is 5.56 Å². The molecule has 2 aromatic rings. The van der Waals surface area contributed by atoms with E-state index >= 15 is 0 Å². The summed E-state index contributed by atoms with van der Waals surface area (Å²) in [6.07, 6.45) is 0. The Morgan fingerprint density at radius 1 is 1.11 bits per heavy atom. The third kappa shape index (κ3) is 3.45. The third-order valence-corrected chi connectivity index (χ3v) is 2.71. The van der Waals surface area contributed by atoms with Crippen LogP contribution in [0.25, 0.3) is 0 Å². The molecule has 2 N–H and O–H groups in total. The summed E-state index contributed by atoms with van der Waals surface area (Å²) in [5, 5.41) is 0. The second kappa shape index (κ2) is 6.20. The Labute approximate surface area is 111 Å². The SMILES string of the molecule is COCc1cccc(OCc2cccc(N)c2F)c1. The van der Waals surface area contributed by atoms with Gasteiger partial charge in [0.1, 0.15) is 12.4 Å². The molecule has 0 heterocycles. The largest absolute Gasteiger partial charge is 0.489 e. The maximum atomic E-state index is 13.7. The lowest BCUT2D eigenvalue weighted by Crippen LogP contribution is -2.01. The summed E-state index contributed by atoms with van der Waals surface area (Å²) in [6, 6.07) is 12.4. The van der Waals surface area contributed by atoms with Crippen molar-refractivity contribution in [3.05, 3.63) is 59.4 Å². The Bertz CT molecular complexity index is 558. The number of benzene rings is 2. The number of nitrogens with two attached hydrogens (primary N) is 1. The van der Waals surface area contributed by atoms with E-state index in [0.29, 0.717) is 17.9 Å². The zero-order chi connectivity index (χ0) is 13.7. The van der Waals surface area contributed by atoms with Crippen LogP contribution in [0.15, 0.2) is 42.5 Å². The predicted octanol–water partition coefficient (Wildman–Crippen LogP) is 3.13. The summed E-state index contributed by atoms with van der Waals surface area (Å²) in [6.45, 7) is 0.664. The van der Waals surface area contributed by atoms with Gasteiger partial charge in [0.2, 0.25) is 0 Å². The second-order valence-corrected chi connectivity index (χ2v) is 4.19. The Balaban J connectivity index is 2.06. The number of anilines is 1. The van der Waals surface area contributed by atoms with Gasteiger partial charge in [-0.05, 0) is 23.8 Å². The van der Waals surface area contributed by atoms with E-state index in [-0.39, 0.29) is 12.3 Å². The van der Waals surface area contributed by atoms with Crippen LogP contribution >= 0.6 is 0 Å². The molecule has 0 saturated heterocycles. The van der Waals surface area contributed by atoms with Crippen LogP contribution < -0.4 is 10.5 Å². The van der Waals surface area contributed by atoms with Crippen molar-refractivity contribution in [1.29, 1.82) is 0 Å². The van der Waals surface area contributed by atoms with Crippen LogP contribution in [0.2, 0.25) is 0 Å². The van der Waals surface area contributed by atoms with Crippen molar-refractivity contribution < 1.29 is 13.9 Å². The molecule has 0 aliphatic rings. The van der Waals surface area contributed by atoms with Crippen molar-refractivity contribution in [3.63, 3.8) is 0 Å². The summed E-state index contributed by atoms with van der Waals surface area (Å²) in [5.74, 6) is 0.256. The molecule has 0 spiro atoms. The standard InChI is InChI=1S/C15H16FNO2/c1-18-9-11-4-2-6-13(8-11)19-10-12-5-3-7-14(17)15(12)16/h2-8H,9-10,17H2,1H3. The summed E-state index contributed by atoms with van der Waals surface area (Å²) >= 11 is 0. The first-order chi connectivity index (χ1) is 9.20. The van der Waals surface area contributed by atoms with Crippen molar-refractivity contribution in [2.75, 3.05) is 12.8 Å². The minimum atomic E-state index is -0.421. The fourth-order valence-corrected chi connectivity index (χ4v) is 1.76. The molecule has 3 nitrogen and oxygen atoms in total. The van der Waals surface area contributed by atoms with Gasteiger partial charge in [-0.2, -0.15) is 0 Å². The van der Waals surface area contributed by atoms with E-state index in [9.17, 15) is 4.39 Å². The molecule has 0 aromatic heterocycles. The summed E-state index contributed by atoms with van der Waals surface area (Å²) in [7, 11) is 1.63. The maximum absolute atomic E-state index is 13.7. The van der Waals surface area contributed by atoms with Crippen LogP contribution in [0, 0.1) is 5.82 Å². The van der Waals surface area contributed by atoms with Gasteiger partial charge in [-0.25, -0.2) is 4.39 Å². The molecule has 0 aliphatic carbocycles. The normalized spacial score (nSPS) is 10.4. The minimum Gasteiger partial charge on any atom is -0.489 e. The second-order valence-electron chi connectivity index (χ2n) is 4.19. The van der Waals surface area contributed by atoms with Crippen LogP contribution in [0.1, 0.15) is 11.1 Å². The molecule has 2 rings (SSSR count). The quantitative estimate of drug-likeness (QED) is 0.841. The summed E-state index contributed by atoms with van der Waals surface area (Å²) in [4.78, 5) is 0. The topological polar surface area (TPSA) is 44.5 Å². The first-order valence-electron chi connectivity index (χ1n) is 5.94. The van der Waals surface area contributed by atoms with Crippen LogP contribution in [0.4, 0.5) is 10.1 Å². The van der Waals surface area contributed by atoms with Gasteiger partial charge in [0, 0.05) is 12.7 Å². The van der Waals surface area contributed by atoms with E-state index in [1.807, 2.05) is 24.3 Å². The fourth-order valence-electron chi connectivity index (χ4n) is 1.76. The maximum Gasteiger partial charge on any atom is 0.152 e. The average molecular weight is 261 g/mol. The Kier molecular flexibility index (Phi) is 4.36. The van der Waals surface area contributed by atoms with E-state index in [4.69, 9.17) is 15.2 Å². The van der Waals surface area contributed by atoms with Crippen LogP contribution in [-0.2, 0) is 18.0 Å². The van der Waals surface area contributed by atoms with Gasteiger partial charge >= 0.3 is 0 Å². The highest BCUT2D eigenvalue weighted by molar-refractivity contribution is 5.42. The molecule has 0 bridgehead atoms. The number of rotatable bonds is 5. The molecule has 0 saturated carbocycles. The highest BCUT2D eigenvalue weighted by Gasteiger charge is 2.06. The fraction of sp³-hybridized carbons (Fsp3) is 0.200. The molecule has 19 heavy (non-hydrogen) atoms. The highest BCUT2D eigenvalue weighted by Crippen LogP contribution is 2.19. The van der Waals surface area contributed by atoms with Gasteiger partial charge in [0.25, 0.3) is 0 Å². The van der Waals surface area contributed by atoms with Crippen LogP contribution in [0.3, 0.4) is 0 Å². The smallest absolute Gasteiger partial charge is 0.152 e. The number of halogens is 1. The van der Waals surface area contributed by atoms with Gasteiger partial charge in [-0.15, -0.1) is 0 Å². The minimum absolute atomic E-state index is 0.134. The lowest BCUT2D eigenvalue weighted by Gasteiger charge is -2.09. The van der Waals surface area contributed by atoms with Crippen molar-refractivity contribution >= 4 is 5.69 Å². The molecular weight excluding hydrogens is 245 g/mol. The van der Waals surface area contributed by atoms with Gasteiger partial charge in [0.15, 0.2) is 5.82 Å². The lowest BCUT2D eigenvalue weighted by atomic mass is 10.2. The summed E-state index contributed by atoms with van der Waals surface area (Å²) in [5.41, 5.74) is 7.09. The molecule has 2 aromatic carbocycles. The number of hydrogen-bond donors (Lipinski definition) is 1. The number of methoxy groups -OCH3 is 1. The van der Waals surface area contributed by atoms with Crippen LogP contribution in [0.5, 0.6) is 5.75 Å². The Morgan fingerprint density at radius 3 is 2.68 bits per heavy atom. The zero-order valence-electron chi connectivity index (χ0n) is 10.7. The van der Waals surface area contributed by atoms with Crippen LogP contribution in [-0.4, -0.2) is 7.11 Å². The predicted molar refractivity (Wildman–Crippen MR) is 72.3 cm³/mol. The molecule has 0 atom stereocenters. The molecule has 100 valence electrons. The van der Waals surface area contributed by atoms with E-state index in [1.165, 1.54) is 6.07 Å². The molecule has 0 radical (unpaired) electrons. The molecule has 4 heteroatoms. The average Bonchev–Trinajstić information content (AvgIpc) is 2.41. The van der Waals surface area contributed by atoms with Crippen molar-refractivity contribution in [2.45, 2.75) is 13.2 Å². The molecule has 0 amide bonds. The third-order valence-electron chi connectivity index (χ3n) is 2.71. The van der Waals surface area contributed by atoms with Crippen molar-refractivity contribution in [1.82, 2.24) is 0 Å². The molecule has 0 aliphatic heterocycles. The van der Waals surface area contributed by atoms with Gasteiger partial charge in [-0.1, -0.05) is 24.3 Å². The first kappa shape index (κ1) is 13.4. The lowest BCUT2D eigenvalue weighted by molar-refractivity contribution is 0.184.